The zero-order valence-corrected chi connectivity index (χ0v) is 21.8. The highest BCUT2D eigenvalue weighted by Gasteiger charge is 2.81. The van der Waals surface area contributed by atoms with Gasteiger partial charge in [-0.2, -0.15) is 0 Å². The average molecular weight is 482 g/mol. The number of Topliss-reactive ketones (excluding diaryl/α,β-unsaturated/α-hetero) is 1. The Bertz CT molecular complexity index is 841. The van der Waals surface area contributed by atoms with E-state index in [-0.39, 0.29) is 13.0 Å². The van der Waals surface area contributed by atoms with Gasteiger partial charge >= 0.3 is 5.97 Å². The van der Waals surface area contributed by atoms with E-state index in [1.807, 2.05) is 32.6 Å². The van der Waals surface area contributed by atoms with E-state index < -0.39 is 63.6 Å². The van der Waals surface area contributed by atoms with Crippen molar-refractivity contribution in [1.82, 2.24) is 4.90 Å². The van der Waals surface area contributed by atoms with Crippen LogP contribution in [-0.2, 0) is 19.1 Å². The van der Waals surface area contributed by atoms with Crippen LogP contribution in [0.5, 0.6) is 0 Å². The van der Waals surface area contributed by atoms with Crippen LogP contribution in [-0.4, -0.2) is 86.7 Å². The van der Waals surface area contributed by atoms with Gasteiger partial charge in [-0.05, 0) is 45.2 Å². The van der Waals surface area contributed by atoms with Crippen molar-refractivity contribution < 1.29 is 34.4 Å². The number of hydrogen-bond acceptors (Lipinski definition) is 8. The van der Waals surface area contributed by atoms with Gasteiger partial charge in [0.1, 0.15) is 17.8 Å². The molecule has 0 unspecified atom stereocenters. The van der Waals surface area contributed by atoms with Crippen LogP contribution in [0.3, 0.4) is 0 Å². The lowest BCUT2D eigenvalue weighted by Gasteiger charge is -2.71. The Morgan fingerprint density at radius 2 is 1.79 bits per heavy atom. The molecule has 34 heavy (non-hydrogen) atoms. The van der Waals surface area contributed by atoms with Crippen LogP contribution >= 0.6 is 0 Å². The molecule has 1 saturated heterocycles. The topological polar surface area (TPSA) is 117 Å². The number of hydrogen-bond donors (Lipinski definition) is 3. The van der Waals surface area contributed by atoms with Crippen molar-refractivity contribution in [2.24, 2.45) is 16.7 Å². The summed E-state index contributed by atoms with van der Waals surface area (Å²) in [6, 6.07) is 0. The number of ketones is 1. The molecule has 1 aliphatic heterocycles. The fourth-order valence-electron chi connectivity index (χ4n) is 7.22. The van der Waals surface area contributed by atoms with Crippen LogP contribution in [0.2, 0.25) is 0 Å². The third kappa shape index (κ3) is 3.60. The molecule has 0 bridgehead atoms. The maximum Gasteiger partial charge on any atom is 0.320 e. The zero-order chi connectivity index (χ0) is 25.9. The molecule has 0 spiro atoms. The maximum atomic E-state index is 13.7. The molecular weight excluding hydrogens is 438 g/mol. The van der Waals surface area contributed by atoms with Gasteiger partial charge in [-0.15, -0.1) is 6.58 Å². The molecule has 194 valence electrons. The molecule has 1 heterocycles. The minimum Gasteiger partial charge on any atom is -0.458 e. The minimum atomic E-state index is -2.20. The molecule has 0 amide bonds. The summed E-state index contributed by atoms with van der Waals surface area (Å²) < 4.78 is 12.3. The number of esters is 1. The summed E-state index contributed by atoms with van der Waals surface area (Å²) in [5, 5.41) is 35.4. The highest BCUT2D eigenvalue weighted by molar-refractivity contribution is 5.92. The van der Waals surface area contributed by atoms with Crippen molar-refractivity contribution in [2.45, 2.75) is 103 Å². The lowest BCUT2D eigenvalue weighted by molar-refractivity contribution is -0.370. The molecule has 0 aromatic heterocycles. The van der Waals surface area contributed by atoms with Gasteiger partial charge in [0.15, 0.2) is 11.4 Å². The molecule has 0 aromatic rings. The summed E-state index contributed by atoms with van der Waals surface area (Å²) in [7, 11) is 0. The summed E-state index contributed by atoms with van der Waals surface area (Å²) in [5.74, 6) is -1.72. The number of carbonyl (C=O) groups is 2. The number of rotatable bonds is 6. The standard InChI is InChI=1S/C26H43NO7/c1-9-23(6)14-17(29)26(32)24(7)16(28)12-13-22(4,5)20(24)19(21(31)25(26,8)34-23)33-18(30)15-27(10-2)11-3/h9,16,19-21,28,31-32H,1,10-15H2,2-8H3/t16-,19-,20-,21-,23-,24-,25+,26-/m0/s1. The first kappa shape index (κ1) is 27.3. The van der Waals surface area contributed by atoms with E-state index in [4.69, 9.17) is 9.47 Å². The smallest absolute Gasteiger partial charge is 0.320 e. The Labute approximate surface area is 203 Å². The molecular formula is C26H43NO7. The molecule has 2 saturated carbocycles. The average Bonchev–Trinajstić information content (AvgIpc) is 2.76. The first-order valence-corrected chi connectivity index (χ1v) is 12.4. The van der Waals surface area contributed by atoms with Crippen molar-refractivity contribution in [3.8, 4) is 0 Å². The number of carbonyl (C=O) groups excluding carboxylic acids is 2. The Morgan fingerprint density at radius 1 is 1.21 bits per heavy atom. The van der Waals surface area contributed by atoms with Crippen molar-refractivity contribution in [1.29, 1.82) is 0 Å². The van der Waals surface area contributed by atoms with E-state index in [0.717, 1.165) is 0 Å². The van der Waals surface area contributed by atoms with Crippen LogP contribution in [0.15, 0.2) is 12.7 Å². The number of aliphatic hydroxyl groups is 3. The fraction of sp³-hybridized carbons (Fsp3) is 0.846. The van der Waals surface area contributed by atoms with E-state index in [0.29, 0.717) is 25.9 Å². The largest absolute Gasteiger partial charge is 0.458 e. The second-order valence-electron chi connectivity index (χ2n) is 11.7. The van der Waals surface area contributed by atoms with Crippen LogP contribution in [0.4, 0.5) is 0 Å². The van der Waals surface area contributed by atoms with Crippen molar-refractivity contribution in [2.75, 3.05) is 19.6 Å². The van der Waals surface area contributed by atoms with Crippen LogP contribution in [0.25, 0.3) is 0 Å². The van der Waals surface area contributed by atoms with Gasteiger partial charge in [-0.1, -0.05) is 40.7 Å². The molecule has 0 aromatic carbocycles. The number of fused-ring (bicyclic) bond motifs is 3. The van der Waals surface area contributed by atoms with Crippen LogP contribution in [0.1, 0.15) is 67.7 Å². The zero-order valence-electron chi connectivity index (χ0n) is 21.8. The van der Waals surface area contributed by atoms with Gasteiger partial charge in [0.25, 0.3) is 0 Å². The van der Waals surface area contributed by atoms with Gasteiger partial charge in [0.05, 0.1) is 18.2 Å². The third-order valence-corrected chi connectivity index (χ3v) is 9.25. The summed E-state index contributed by atoms with van der Waals surface area (Å²) in [4.78, 5) is 28.7. The Kier molecular flexibility index (Phi) is 6.95. The molecule has 3 aliphatic rings. The van der Waals surface area contributed by atoms with Gasteiger partial charge in [-0.25, -0.2) is 0 Å². The van der Waals surface area contributed by atoms with Gasteiger partial charge in [0.2, 0.25) is 0 Å². The number of nitrogens with zero attached hydrogens (tertiary/aromatic N) is 1. The van der Waals surface area contributed by atoms with E-state index in [1.165, 1.54) is 13.0 Å². The summed E-state index contributed by atoms with van der Waals surface area (Å²) in [6.07, 6.45) is -1.38. The molecule has 8 nitrogen and oxygen atoms in total. The number of aliphatic hydroxyl groups excluding tert-OH is 2. The van der Waals surface area contributed by atoms with Gasteiger partial charge in [0, 0.05) is 17.8 Å². The molecule has 8 atom stereocenters. The number of ether oxygens (including phenoxy) is 2. The molecule has 8 heteroatoms. The molecule has 2 aliphatic carbocycles. The Morgan fingerprint density at radius 3 is 2.32 bits per heavy atom. The Hall–Kier alpha value is -1.32. The number of likely N-dealkylation sites (N-methyl/N-ethyl adjacent to an activating group) is 1. The predicted molar refractivity (Wildman–Crippen MR) is 127 cm³/mol. The first-order valence-electron chi connectivity index (χ1n) is 12.4. The first-order chi connectivity index (χ1) is 15.6. The van der Waals surface area contributed by atoms with Crippen LogP contribution in [0, 0.1) is 16.7 Å². The second kappa shape index (κ2) is 8.66. The fourth-order valence-corrected chi connectivity index (χ4v) is 7.22. The van der Waals surface area contributed by atoms with Gasteiger partial charge < -0.3 is 24.8 Å². The van der Waals surface area contributed by atoms with Crippen molar-refractivity contribution in [3.05, 3.63) is 12.7 Å². The summed E-state index contributed by atoms with van der Waals surface area (Å²) >= 11 is 0. The lowest BCUT2D eigenvalue weighted by atomic mass is 9.40. The van der Waals surface area contributed by atoms with Crippen molar-refractivity contribution in [3.63, 3.8) is 0 Å². The van der Waals surface area contributed by atoms with Crippen LogP contribution < -0.4 is 0 Å². The van der Waals surface area contributed by atoms with E-state index in [9.17, 15) is 24.9 Å². The van der Waals surface area contributed by atoms with Gasteiger partial charge in [-0.3, -0.25) is 14.5 Å². The van der Waals surface area contributed by atoms with Crippen molar-refractivity contribution >= 4 is 11.8 Å². The molecule has 3 N–H and O–H groups in total. The summed E-state index contributed by atoms with van der Waals surface area (Å²) in [5.41, 5.74) is -7.15. The maximum absolute atomic E-state index is 13.7. The Balaban J connectivity index is 2.19. The molecule has 3 fully saturated rings. The van der Waals surface area contributed by atoms with E-state index in [2.05, 4.69) is 6.58 Å². The third-order valence-electron chi connectivity index (χ3n) is 9.25. The second-order valence-corrected chi connectivity index (χ2v) is 11.7. The normalized spacial score (nSPS) is 45.9. The highest BCUT2D eigenvalue weighted by Crippen LogP contribution is 2.67. The molecule has 3 rings (SSSR count). The van der Waals surface area contributed by atoms with E-state index >= 15 is 0 Å². The lowest BCUT2D eigenvalue weighted by Crippen LogP contribution is -2.86. The monoisotopic (exact) mass is 481 g/mol. The SMILES string of the molecule is C=C[C@@]1(C)CC(=O)[C@]2(O)[C@@]3(C)[C@@H](O)CCC(C)(C)[C@@H]3[C@H](OC(=O)CN(CC)CC)[C@H](O)[C@@]2(C)O1. The predicted octanol–water partition coefficient (Wildman–Crippen LogP) is 1.84. The quantitative estimate of drug-likeness (QED) is 0.389. The molecule has 0 radical (unpaired) electrons. The van der Waals surface area contributed by atoms with E-state index in [1.54, 1.807) is 13.8 Å². The highest BCUT2D eigenvalue weighted by atomic mass is 16.6. The minimum absolute atomic E-state index is 0.0494. The summed E-state index contributed by atoms with van der Waals surface area (Å²) in [6.45, 7) is 17.8.